The first-order valence-electron chi connectivity index (χ1n) is 29.0. The van der Waals surface area contributed by atoms with Gasteiger partial charge in [-0.2, -0.15) is 0 Å². The van der Waals surface area contributed by atoms with Crippen molar-refractivity contribution in [3.05, 3.63) is 345 Å². The first-order valence-corrected chi connectivity index (χ1v) is 29.0. The van der Waals surface area contributed by atoms with Crippen molar-refractivity contribution < 1.29 is 0 Å². The SMILES string of the molecule is CC1(C)c2ccccc2-c2ccc(N(c3ccccc3)c3cccc(-c4cccc(-c5cccc(N(c6cccc(-c7ccccc7)c6)c6cccc(-c7cccc(-c8cccc(N(c9ccccc9)c9ccccc9)c8)c7)c6)c5)c4)c3)cc21. The molecule has 3 nitrogen and oxygen atoms in total. The third-order valence-corrected chi connectivity index (χ3v) is 16.6. The predicted molar refractivity (Wildman–Crippen MR) is 355 cm³/mol. The largest absolute Gasteiger partial charge is 0.310 e. The highest BCUT2D eigenvalue weighted by Crippen LogP contribution is 2.51. The first-order chi connectivity index (χ1) is 41.4. The fourth-order valence-electron chi connectivity index (χ4n) is 12.4. The summed E-state index contributed by atoms with van der Waals surface area (Å²) in [6, 6.07) is 121. The molecule has 0 saturated heterocycles. The van der Waals surface area contributed by atoms with Gasteiger partial charge in [0.25, 0.3) is 0 Å². The van der Waals surface area contributed by atoms with Gasteiger partial charge in [-0.15, -0.1) is 0 Å². The van der Waals surface area contributed by atoms with Crippen LogP contribution in [0.2, 0.25) is 0 Å². The van der Waals surface area contributed by atoms with Crippen molar-refractivity contribution in [1.82, 2.24) is 0 Å². The smallest absolute Gasteiger partial charge is 0.0467 e. The molecule has 0 atom stereocenters. The van der Waals surface area contributed by atoms with Gasteiger partial charge >= 0.3 is 0 Å². The lowest BCUT2D eigenvalue weighted by molar-refractivity contribution is 0.660. The highest BCUT2D eigenvalue weighted by molar-refractivity contribution is 5.89. The zero-order valence-electron chi connectivity index (χ0n) is 47.1. The van der Waals surface area contributed by atoms with E-state index in [0.717, 1.165) is 101 Å². The summed E-state index contributed by atoms with van der Waals surface area (Å²) < 4.78 is 0. The van der Waals surface area contributed by atoms with Gasteiger partial charge in [-0.3, -0.25) is 0 Å². The second kappa shape index (κ2) is 22.3. The van der Waals surface area contributed by atoms with Crippen LogP contribution in [0.15, 0.2) is 334 Å². The van der Waals surface area contributed by atoms with Crippen molar-refractivity contribution in [3.63, 3.8) is 0 Å². The van der Waals surface area contributed by atoms with Crippen LogP contribution in [0.25, 0.3) is 66.8 Å². The summed E-state index contributed by atoms with van der Waals surface area (Å²) in [6.07, 6.45) is 0. The fourth-order valence-corrected chi connectivity index (χ4v) is 12.4. The first kappa shape index (κ1) is 51.4. The zero-order chi connectivity index (χ0) is 56.4. The number of rotatable bonds is 14. The number of benzene rings is 13. The van der Waals surface area contributed by atoms with E-state index in [9.17, 15) is 0 Å². The standard InChI is InChI=1S/C81H61N3/c1-81(2)79-47-16-15-46-77(79)78-49-48-76(57-80(78)81)83(70-39-13-6-14-40-70)72-42-21-32-65(54-72)60-27-18-29-62(51-60)67-34-23-45-75(56-67)84(73-43-19-30-63(52-73)58-24-7-3-8-25-58)74-44-22-33-66(55-74)61-28-17-26-59(50-61)64-31-20-41-71(53-64)82(68-35-9-4-10-36-68)69-37-11-5-12-38-69/h3-57H,1-2H3. The number of para-hydroxylation sites is 3. The average Bonchev–Trinajstić information content (AvgIpc) is 3.75. The Morgan fingerprint density at radius 2 is 0.429 bits per heavy atom. The van der Waals surface area contributed by atoms with Crippen molar-refractivity contribution in [1.29, 1.82) is 0 Å². The average molecular weight is 1080 g/mol. The molecule has 0 amide bonds. The molecule has 400 valence electrons. The summed E-state index contributed by atoms with van der Waals surface area (Å²) in [5, 5.41) is 0. The van der Waals surface area contributed by atoms with Gasteiger partial charge in [0.2, 0.25) is 0 Å². The molecule has 1 aliphatic carbocycles. The maximum absolute atomic E-state index is 2.41. The van der Waals surface area contributed by atoms with E-state index in [0.29, 0.717) is 0 Å². The van der Waals surface area contributed by atoms with Gasteiger partial charge < -0.3 is 14.7 Å². The van der Waals surface area contributed by atoms with E-state index >= 15 is 0 Å². The number of fused-ring (bicyclic) bond motifs is 3. The lowest BCUT2D eigenvalue weighted by Gasteiger charge is -2.28. The lowest BCUT2D eigenvalue weighted by Crippen LogP contribution is -2.16. The number of anilines is 9. The minimum absolute atomic E-state index is 0.116. The molecular weight excluding hydrogens is 1010 g/mol. The molecular formula is C81H61N3. The molecule has 0 saturated carbocycles. The summed E-state index contributed by atoms with van der Waals surface area (Å²) >= 11 is 0. The molecule has 0 radical (unpaired) electrons. The topological polar surface area (TPSA) is 9.72 Å². The predicted octanol–water partition coefficient (Wildman–Crippen LogP) is 22.7. The Labute approximate surface area is 493 Å². The summed E-state index contributed by atoms with van der Waals surface area (Å²) in [7, 11) is 0. The van der Waals surface area contributed by atoms with Crippen LogP contribution in [0.1, 0.15) is 25.0 Å². The van der Waals surface area contributed by atoms with Gasteiger partial charge in [-0.05, 0) is 199 Å². The molecule has 3 heteroatoms. The Hall–Kier alpha value is -10.7. The third kappa shape index (κ3) is 10.0. The minimum Gasteiger partial charge on any atom is -0.310 e. The van der Waals surface area contributed by atoms with E-state index in [4.69, 9.17) is 0 Å². The highest BCUT2D eigenvalue weighted by atomic mass is 15.2. The summed E-state index contributed by atoms with van der Waals surface area (Å²) in [6.45, 7) is 4.70. The molecule has 0 heterocycles. The van der Waals surface area contributed by atoms with E-state index in [2.05, 4.69) is 362 Å². The summed E-state index contributed by atoms with van der Waals surface area (Å²) in [5.41, 5.74) is 26.6. The Balaban J connectivity index is 0.812. The van der Waals surface area contributed by atoms with Crippen LogP contribution in [0, 0.1) is 0 Å². The minimum atomic E-state index is -0.116. The molecule has 0 unspecified atom stereocenters. The third-order valence-electron chi connectivity index (χ3n) is 16.6. The van der Waals surface area contributed by atoms with Crippen molar-refractivity contribution in [3.8, 4) is 66.8 Å². The Bertz CT molecular complexity index is 4430. The molecule has 14 rings (SSSR count). The molecule has 0 aliphatic heterocycles. The number of hydrogen-bond acceptors (Lipinski definition) is 3. The van der Waals surface area contributed by atoms with E-state index in [-0.39, 0.29) is 5.41 Å². The van der Waals surface area contributed by atoms with Crippen LogP contribution in [0.3, 0.4) is 0 Å². The Morgan fingerprint density at radius 3 is 0.821 bits per heavy atom. The highest BCUT2D eigenvalue weighted by Gasteiger charge is 2.36. The van der Waals surface area contributed by atoms with Crippen LogP contribution in [0.4, 0.5) is 51.2 Å². The zero-order valence-corrected chi connectivity index (χ0v) is 47.1. The van der Waals surface area contributed by atoms with Crippen molar-refractivity contribution >= 4 is 51.2 Å². The van der Waals surface area contributed by atoms with E-state index < -0.39 is 0 Å². The molecule has 13 aromatic rings. The van der Waals surface area contributed by atoms with Gasteiger partial charge in [0.15, 0.2) is 0 Å². The van der Waals surface area contributed by atoms with Gasteiger partial charge in [0.05, 0.1) is 0 Å². The second-order valence-corrected chi connectivity index (χ2v) is 22.2. The number of hydrogen-bond donors (Lipinski definition) is 0. The normalized spacial score (nSPS) is 12.0. The Kier molecular flexibility index (Phi) is 13.7. The van der Waals surface area contributed by atoms with Gasteiger partial charge in [-0.1, -0.05) is 226 Å². The lowest BCUT2D eigenvalue weighted by atomic mass is 9.82. The quantitative estimate of drug-likeness (QED) is 0.107. The molecule has 13 aromatic carbocycles. The molecule has 0 fully saturated rings. The monoisotopic (exact) mass is 1080 g/mol. The van der Waals surface area contributed by atoms with Crippen molar-refractivity contribution in [2.75, 3.05) is 14.7 Å². The fraction of sp³-hybridized carbons (Fsp3) is 0.0370. The van der Waals surface area contributed by atoms with E-state index in [1.165, 1.54) is 27.8 Å². The van der Waals surface area contributed by atoms with Gasteiger partial charge in [0.1, 0.15) is 0 Å². The van der Waals surface area contributed by atoms with Crippen molar-refractivity contribution in [2.24, 2.45) is 0 Å². The molecule has 0 spiro atoms. The van der Waals surface area contributed by atoms with Crippen LogP contribution in [-0.4, -0.2) is 0 Å². The van der Waals surface area contributed by atoms with Crippen LogP contribution in [-0.2, 0) is 5.41 Å². The summed E-state index contributed by atoms with van der Waals surface area (Å²) in [4.78, 5) is 7.12. The van der Waals surface area contributed by atoms with Crippen molar-refractivity contribution in [2.45, 2.75) is 19.3 Å². The van der Waals surface area contributed by atoms with Gasteiger partial charge in [0, 0.05) is 56.6 Å². The molecule has 84 heavy (non-hydrogen) atoms. The molecule has 0 aromatic heterocycles. The van der Waals surface area contributed by atoms with Crippen LogP contribution < -0.4 is 14.7 Å². The maximum atomic E-state index is 2.41. The number of nitrogens with zero attached hydrogens (tertiary/aromatic N) is 3. The second-order valence-electron chi connectivity index (χ2n) is 22.2. The van der Waals surface area contributed by atoms with Crippen LogP contribution >= 0.6 is 0 Å². The van der Waals surface area contributed by atoms with E-state index in [1.807, 2.05) is 0 Å². The van der Waals surface area contributed by atoms with E-state index in [1.54, 1.807) is 0 Å². The maximum Gasteiger partial charge on any atom is 0.0467 e. The van der Waals surface area contributed by atoms with Crippen LogP contribution in [0.5, 0.6) is 0 Å². The Morgan fingerprint density at radius 1 is 0.179 bits per heavy atom. The molecule has 0 bridgehead atoms. The molecule has 0 N–H and O–H groups in total. The summed E-state index contributed by atoms with van der Waals surface area (Å²) in [5.74, 6) is 0. The van der Waals surface area contributed by atoms with Gasteiger partial charge in [-0.25, -0.2) is 0 Å². The molecule has 1 aliphatic rings.